The molecule has 1 aliphatic heterocycles. The first-order valence-electron chi connectivity index (χ1n) is 8.93. The molecule has 1 aromatic carbocycles. The van der Waals surface area contributed by atoms with E-state index in [-0.39, 0.29) is 24.3 Å². The molecule has 1 fully saturated rings. The molecule has 3 rings (SSSR count). The molecule has 1 aliphatic carbocycles. The molecular weight excluding hydrogens is 300 g/mol. The van der Waals surface area contributed by atoms with Crippen LogP contribution in [0.2, 0.25) is 0 Å². The Bertz CT molecular complexity index is 661. The van der Waals surface area contributed by atoms with Crippen molar-refractivity contribution in [1.82, 2.24) is 10.2 Å². The van der Waals surface area contributed by atoms with Gasteiger partial charge >= 0.3 is 0 Å². The third-order valence-corrected chi connectivity index (χ3v) is 5.27. The second kappa shape index (κ2) is 7.20. The van der Waals surface area contributed by atoms with Crippen molar-refractivity contribution < 1.29 is 9.59 Å². The first-order valence-corrected chi connectivity index (χ1v) is 8.93. The predicted molar refractivity (Wildman–Crippen MR) is 94.3 cm³/mol. The van der Waals surface area contributed by atoms with Crippen molar-refractivity contribution >= 4 is 11.8 Å². The highest BCUT2D eigenvalue weighted by molar-refractivity contribution is 6.02. The van der Waals surface area contributed by atoms with E-state index in [0.29, 0.717) is 6.54 Å². The van der Waals surface area contributed by atoms with Crippen LogP contribution in [0.5, 0.6) is 0 Å². The maximum atomic E-state index is 12.4. The second-order valence-corrected chi connectivity index (χ2v) is 6.80. The minimum absolute atomic E-state index is 0.0411. The van der Waals surface area contributed by atoms with Crippen molar-refractivity contribution in [3.05, 3.63) is 46.5 Å². The van der Waals surface area contributed by atoms with Crippen LogP contribution in [-0.4, -0.2) is 29.8 Å². The van der Waals surface area contributed by atoms with Gasteiger partial charge in [-0.1, -0.05) is 37.6 Å². The summed E-state index contributed by atoms with van der Waals surface area (Å²) in [4.78, 5) is 26.6. The summed E-state index contributed by atoms with van der Waals surface area (Å²) in [6.07, 6.45) is 5.51. The van der Waals surface area contributed by atoms with Crippen LogP contribution in [0.1, 0.15) is 50.2 Å². The van der Waals surface area contributed by atoms with E-state index in [1.807, 2.05) is 24.1 Å². The van der Waals surface area contributed by atoms with E-state index >= 15 is 0 Å². The lowest BCUT2D eigenvalue weighted by Gasteiger charge is -2.26. The van der Waals surface area contributed by atoms with Gasteiger partial charge in [0.15, 0.2) is 0 Å². The Morgan fingerprint density at radius 3 is 2.62 bits per heavy atom. The molecule has 0 aromatic heterocycles. The minimum atomic E-state index is -0.0648. The topological polar surface area (TPSA) is 49.4 Å². The average Bonchev–Trinajstić information content (AvgIpc) is 2.86. The Labute approximate surface area is 143 Å². The van der Waals surface area contributed by atoms with Gasteiger partial charge < -0.3 is 10.2 Å². The molecular formula is C20H26N2O2. The summed E-state index contributed by atoms with van der Waals surface area (Å²) in [5, 5.41) is 2.95. The SMILES string of the molecule is CCc1ccc(CNC(=O)CC2=C3CCCCC3N(C)C2=O)cc1. The summed E-state index contributed by atoms with van der Waals surface area (Å²) in [5.74, 6) is -0.0237. The predicted octanol–water partition coefficient (Wildman–Crippen LogP) is 2.97. The Kier molecular flexibility index (Phi) is 5.03. The molecule has 1 heterocycles. The fourth-order valence-electron chi connectivity index (χ4n) is 3.77. The number of hydrogen-bond donors (Lipinski definition) is 1. The van der Waals surface area contributed by atoms with Gasteiger partial charge in [0.05, 0.1) is 12.5 Å². The largest absolute Gasteiger partial charge is 0.352 e. The van der Waals surface area contributed by atoms with Gasteiger partial charge in [-0.25, -0.2) is 0 Å². The Balaban J connectivity index is 1.60. The van der Waals surface area contributed by atoms with Gasteiger partial charge in [0.2, 0.25) is 5.91 Å². The fraction of sp³-hybridized carbons (Fsp3) is 0.500. The van der Waals surface area contributed by atoms with E-state index in [0.717, 1.165) is 36.8 Å². The quantitative estimate of drug-likeness (QED) is 0.904. The van der Waals surface area contributed by atoms with Gasteiger partial charge in [0, 0.05) is 19.2 Å². The summed E-state index contributed by atoms with van der Waals surface area (Å²) < 4.78 is 0. The van der Waals surface area contributed by atoms with Gasteiger partial charge in [-0.15, -0.1) is 0 Å². The summed E-state index contributed by atoms with van der Waals surface area (Å²) in [5.41, 5.74) is 4.32. The average molecular weight is 326 g/mol. The van der Waals surface area contributed by atoms with E-state index in [4.69, 9.17) is 0 Å². The lowest BCUT2D eigenvalue weighted by molar-refractivity contribution is -0.128. The van der Waals surface area contributed by atoms with Crippen molar-refractivity contribution in [3.63, 3.8) is 0 Å². The van der Waals surface area contributed by atoms with Gasteiger partial charge in [0.25, 0.3) is 5.91 Å². The molecule has 1 aromatic rings. The van der Waals surface area contributed by atoms with Crippen molar-refractivity contribution in [2.24, 2.45) is 0 Å². The lowest BCUT2D eigenvalue weighted by atomic mass is 9.88. The highest BCUT2D eigenvalue weighted by atomic mass is 16.2. The zero-order chi connectivity index (χ0) is 17.1. The number of benzene rings is 1. The van der Waals surface area contributed by atoms with Gasteiger partial charge in [0.1, 0.15) is 0 Å². The number of nitrogens with one attached hydrogen (secondary N) is 1. The first kappa shape index (κ1) is 16.7. The number of amides is 2. The highest BCUT2D eigenvalue weighted by Gasteiger charge is 2.38. The second-order valence-electron chi connectivity index (χ2n) is 6.80. The molecule has 1 unspecified atom stereocenters. The number of rotatable bonds is 5. The van der Waals surface area contributed by atoms with Crippen LogP contribution in [-0.2, 0) is 22.6 Å². The number of fused-ring (bicyclic) bond motifs is 1. The smallest absolute Gasteiger partial charge is 0.250 e. The van der Waals surface area contributed by atoms with Crippen LogP contribution in [0, 0.1) is 0 Å². The zero-order valence-corrected chi connectivity index (χ0v) is 14.6. The van der Waals surface area contributed by atoms with E-state index in [9.17, 15) is 9.59 Å². The molecule has 4 nitrogen and oxygen atoms in total. The maximum absolute atomic E-state index is 12.4. The van der Waals surface area contributed by atoms with Crippen molar-refractivity contribution in [2.45, 2.75) is 58.0 Å². The Hall–Kier alpha value is -2.10. The molecule has 0 saturated heterocycles. The normalized spacial score (nSPS) is 20.3. The summed E-state index contributed by atoms with van der Waals surface area (Å²) in [6, 6.07) is 8.51. The van der Waals surface area contributed by atoms with E-state index in [1.54, 1.807) is 0 Å². The van der Waals surface area contributed by atoms with Crippen LogP contribution in [0.25, 0.3) is 0 Å². The third kappa shape index (κ3) is 3.37. The monoisotopic (exact) mass is 326 g/mol. The van der Waals surface area contributed by atoms with Crippen LogP contribution in [0.4, 0.5) is 0 Å². The fourth-order valence-corrected chi connectivity index (χ4v) is 3.77. The number of carbonyl (C=O) groups is 2. The number of nitrogens with zero attached hydrogens (tertiary/aromatic N) is 1. The van der Waals surface area contributed by atoms with Crippen molar-refractivity contribution in [3.8, 4) is 0 Å². The summed E-state index contributed by atoms with van der Waals surface area (Å²) in [7, 11) is 1.86. The molecule has 24 heavy (non-hydrogen) atoms. The number of carbonyl (C=O) groups excluding carboxylic acids is 2. The molecule has 0 radical (unpaired) electrons. The molecule has 0 spiro atoms. The molecule has 1 saturated carbocycles. The first-order chi connectivity index (χ1) is 11.6. The van der Waals surface area contributed by atoms with Crippen molar-refractivity contribution in [1.29, 1.82) is 0 Å². The highest BCUT2D eigenvalue weighted by Crippen LogP contribution is 2.36. The number of aryl methyl sites for hydroxylation is 1. The summed E-state index contributed by atoms with van der Waals surface area (Å²) in [6.45, 7) is 2.64. The minimum Gasteiger partial charge on any atom is -0.352 e. The van der Waals surface area contributed by atoms with Crippen LogP contribution >= 0.6 is 0 Å². The number of likely N-dealkylation sites (N-methyl/N-ethyl adjacent to an activating group) is 1. The zero-order valence-electron chi connectivity index (χ0n) is 14.6. The lowest BCUT2D eigenvalue weighted by Crippen LogP contribution is -2.33. The molecule has 1 atom stereocenters. The van der Waals surface area contributed by atoms with Crippen molar-refractivity contribution in [2.75, 3.05) is 7.05 Å². The molecule has 4 heteroatoms. The molecule has 0 bridgehead atoms. The Morgan fingerprint density at radius 1 is 1.21 bits per heavy atom. The van der Waals surface area contributed by atoms with E-state index in [1.165, 1.54) is 17.6 Å². The third-order valence-electron chi connectivity index (χ3n) is 5.27. The maximum Gasteiger partial charge on any atom is 0.250 e. The van der Waals surface area contributed by atoms with Gasteiger partial charge in [-0.3, -0.25) is 9.59 Å². The van der Waals surface area contributed by atoms with E-state index in [2.05, 4.69) is 24.4 Å². The van der Waals surface area contributed by atoms with Crippen LogP contribution in [0.3, 0.4) is 0 Å². The number of hydrogen-bond acceptors (Lipinski definition) is 2. The van der Waals surface area contributed by atoms with Crippen LogP contribution < -0.4 is 5.32 Å². The van der Waals surface area contributed by atoms with E-state index < -0.39 is 0 Å². The standard InChI is InChI=1S/C20H26N2O2/c1-3-14-8-10-15(11-9-14)13-21-19(23)12-17-16-6-4-5-7-18(16)22(2)20(17)24/h8-11,18H,3-7,12-13H2,1-2H3,(H,21,23). The molecule has 1 N–H and O–H groups in total. The van der Waals surface area contributed by atoms with Crippen LogP contribution in [0.15, 0.2) is 35.4 Å². The summed E-state index contributed by atoms with van der Waals surface area (Å²) >= 11 is 0. The Morgan fingerprint density at radius 2 is 1.92 bits per heavy atom. The molecule has 2 amide bonds. The molecule has 128 valence electrons. The van der Waals surface area contributed by atoms with Gasteiger partial charge in [-0.05, 0) is 42.4 Å². The van der Waals surface area contributed by atoms with Gasteiger partial charge in [-0.2, -0.15) is 0 Å². The molecule has 2 aliphatic rings.